The Morgan fingerprint density at radius 1 is 0.978 bits per heavy atom. The van der Waals surface area contributed by atoms with Crippen LogP contribution in [0.3, 0.4) is 0 Å². The smallest absolute Gasteiger partial charge is 0.312 e. The standard InChI is InChI=1S/C37H55ClFN2O3Si/c1-6-8-22-41(21-7-2)24-20-28(33-25-30(38)12-9-26(33)3)19-23-40(5)45(37(42)43)35-18-17-34(39)27(4)36(35)29-10-13-31(14-11-29)44-32-15-16-32/h9,12,17-18,25,28-29,31-32H,6-8,10-11,13-16,19-24H2,1-5H3,(H,42,43)/t28-,29?,31?/m1/s1. The molecule has 2 saturated carbocycles. The van der Waals surface area contributed by atoms with Crippen LogP contribution >= 0.6 is 11.6 Å². The summed E-state index contributed by atoms with van der Waals surface area (Å²) in [6.45, 7) is 12.3. The van der Waals surface area contributed by atoms with Gasteiger partial charge in [-0.2, -0.15) is 0 Å². The Balaban J connectivity index is 1.54. The van der Waals surface area contributed by atoms with Crippen molar-refractivity contribution in [2.75, 3.05) is 33.2 Å². The predicted octanol–water partition coefficient (Wildman–Crippen LogP) is 8.77. The molecular formula is C37H55ClFN2O3Si. The number of unbranched alkanes of at least 4 members (excludes halogenated alkanes) is 1. The fourth-order valence-electron chi connectivity index (χ4n) is 7.22. The van der Waals surface area contributed by atoms with Crippen molar-refractivity contribution in [2.45, 2.75) is 122 Å². The minimum atomic E-state index is -2.19. The average molecular weight is 658 g/mol. The van der Waals surface area contributed by atoms with Crippen molar-refractivity contribution in [3.63, 3.8) is 0 Å². The van der Waals surface area contributed by atoms with Gasteiger partial charge in [-0.15, -0.1) is 0 Å². The molecule has 8 heteroatoms. The zero-order chi connectivity index (χ0) is 32.5. The van der Waals surface area contributed by atoms with Crippen LogP contribution in [0.15, 0.2) is 30.3 Å². The summed E-state index contributed by atoms with van der Waals surface area (Å²) < 4.78 is 23.3. The van der Waals surface area contributed by atoms with Gasteiger partial charge in [-0.25, -0.2) is 4.39 Å². The number of benzene rings is 2. The molecule has 2 aliphatic rings. The first kappa shape index (κ1) is 36.1. The largest absolute Gasteiger partial charge is 0.484 e. The monoisotopic (exact) mass is 657 g/mol. The molecule has 0 heterocycles. The fraction of sp³-hybridized carbons (Fsp3) is 0.649. The number of aryl methyl sites for hydroxylation is 1. The minimum Gasteiger partial charge on any atom is -0.484 e. The van der Waals surface area contributed by atoms with Gasteiger partial charge in [-0.3, -0.25) is 4.79 Å². The first-order chi connectivity index (χ1) is 21.6. The highest BCUT2D eigenvalue weighted by molar-refractivity contribution is 6.96. The fourth-order valence-corrected chi connectivity index (χ4v) is 9.61. The molecule has 2 aliphatic carbocycles. The molecule has 0 aromatic heterocycles. The van der Waals surface area contributed by atoms with E-state index in [1.807, 2.05) is 20.0 Å². The highest BCUT2D eigenvalue weighted by Gasteiger charge is 2.37. The van der Waals surface area contributed by atoms with Gasteiger partial charge in [-0.05, 0) is 169 Å². The second-order valence-corrected chi connectivity index (χ2v) is 16.4. The second-order valence-electron chi connectivity index (χ2n) is 13.5. The quantitative estimate of drug-likeness (QED) is 0.162. The van der Waals surface area contributed by atoms with E-state index in [-0.39, 0.29) is 23.8 Å². The summed E-state index contributed by atoms with van der Waals surface area (Å²) in [6.07, 6.45) is 12.1. The van der Waals surface area contributed by atoms with Crippen LogP contribution in [-0.4, -0.2) is 74.6 Å². The Labute approximate surface area is 278 Å². The van der Waals surface area contributed by atoms with Gasteiger partial charge in [0.25, 0.3) is 5.59 Å². The molecule has 0 spiro atoms. The van der Waals surface area contributed by atoms with Crippen molar-refractivity contribution in [1.29, 1.82) is 0 Å². The van der Waals surface area contributed by atoms with E-state index in [1.165, 1.54) is 30.0 Å². The van der Waals surface area contributed by atoms with Gasteiger partial charge >= 0.3 is 8.96 Å². The number of hydrogen-bond acceptors (Lipinski definition) is 4. The van der Waals surface area contributed by atoms with Crippen molar-refractivity contribution in [1.82, 2.24) is 9.47 Å². The van der Waals surface area contributed by atoms with Crippen molar-refractivity contribution in [3.8, 4) is 0 Å². The molecule has 0 unspecified atom stereocenters. The van der Waals surface area contributed by atoms with Crippen LogP contribution < -0.4 is 5.19 Å². The van der Waals surface area contributed by atoms with Crippen LogP contribution in [0.1, 0.15) is 119 Å². The van der Waals surface area contributed by atoms with E-state index in [4.69, 9.17) is 16.3 Å². The lowest BCUT2D eigenvalue weighted by molar-refractivity contribution is 0.0130. The van der Waals surface area contributed by atoms with E-state index < -0.39 is 14.6 Å². The Morgan fingerprint density at radius 2 is 1.64 bits per heavy atom. The number of nitrogens with zero attached hydrogens (tertiary/aromatic N) is 2. The number of carbonyl (C=O) groups is 1. The summed E-state index contributed by atoms with van der Waals surface area (Å²) in [5.41, 5.74) is 3.26. The zero-order valence-electron chi connectivity index (χ0n) is 28.2. The van der Waals surface area contributed by atoms with Gasteiger partial charge in [0, 0.05) is 5.02 Å². The maximum absolute atomic E-state index is 15.0. The molecule has 1 atom stereocenters. The second kappa shape index (κ2) is 17.4. The molecule has 0 aliphatic heterocycles. The third-order valence-electron chi connectivity index (χ3n) is 9.94. The van der Waals surface area contributed by atoms with E-state index in [0.717, 1.165) is 93.2 Å². The van der Waals surface area contributed by atoms with E-state index in [0.29, 0.717) is 18.2 Å². The molecule has 1 radical (unpaired) electrons. The Kier molecular flexibility index (Phi) is 13.9. The van der Waals surface area contributed by atoms with Gasteiger partial charge in [0.1, 0.15) is 5.82 Å². The lowest BCUT2D eigenvalue weighted by atomic mass is 9.81. The van der Waals surface area contributed by atoms with Crippen LogP contribution in [0.2, 0.25) is 5.02 Å². The molecule has 45 heavy (non-hydrogen) atoms. The van der Waals surface area contributed by atoms with E-state index in [2.05, 4.69) is 42.4 Å². The SMILES string of the molecule is CCCCN(CCC)CC[C@@H](CCN(C)[Si](C(=O)O)c1ccc(F)c(C)c1C1CCC(OC2CC2)CC1)c1cc(Cl)ccc1C. The molecule has 2 fully saturated rings. The molecule has 249 valence electrons. The van der Waals surface area contributed by atoms with Crippen LogP contribution in [0, 0.1) is 19.7 Å². The molecule has 0 amide bonds. The van der Waals surface area contributed by atoms with Crippen molar-refractivity contribution >= 4 is 31.3 Å². The molecule has 5 nitrogen and oxygen atoms in total. The van der Waals surface area contributed by atoms with Crippen LogP contribution in [0.25, 0.3) is 0 Å². The van der Waals surface area contributed by atoms with Crippen LogP contribution in [0.5, 0.6) is 0 Å². The lowest BCUT2D eigenvalue weighted by Crippen LogP contribution is -2.54. The van der Waals surface area contributed by atoms with Crippen molar-refractivity contribution in [3.05, 3.63) is 63.4 Å². The first-order valence-electron chi connectivity index (χ1n) is 17.4. The van der Waals surface area contributed by atoms with Gasteiger partial charge in [-0.1, -0.05) is 44.0 Å². The van der Waals surface area contributed by atoms with Crippen molar-refractivity contribution in [2.24, 2.45) is 0 Å². The predicted molar refractivity (Wildman–Crippen MR) is 186 cm³/mol. The lowest BCUT2D eigenvalue weighted by Gasteiger charge is -2.33. The molecule has 1 N–H and O–H groups in total. The minimum absolute atomic E-state index is 0.164. The summed E-state index contributed by atoms with van der Waals surface area (Å²) in [6, 6.07) is 9.40. The average Bonchev–Trinajstić information content (AvgIpc) is 3.83. The summed E-state index contributed by atoms with van der Waals surface area (Å²) in [7, 11) is -0.230. The molecular weight excluding hydrogens is 603 g/mol. The number of rotatable bonds is 18. The Hall–Kier alpha value is -1.77. The number of halogens is 2. The maximum atomic E-state index is 15.0. The topological polar surface area (TPSA) is 53.0 Å². The van der Waals surface area contributed by atoms with Crippen molar-refractivity contribution < 1.29 is 19.0 Å². The van der Waals surface area contributed by atoms with Gasteiger partial charge < -0.3 is 19.3 Å². The van der Waals surface area contributed by atoms with Crippen LogP contribution in [-0.2, 0) is 4.74 Å². The molecule has 2 aromatic rings. The maximum Gasteiger partial charge on any atom is 0.312 e. The van der Waals surface area contributed by atoms with Gasteiger partial charge in [0.2, 0.25) is 0 Å². The Morgan fingerprint density at radius 3 is 2.27 bits per heavy atom. The Bertz CT molecular complexity index is 1250. The van der Waals surface area contributed by atoms with Gasteiger partial charge in [0.05, 0.1) is 12.2 Å². The zero-order valence-corrected chi connectivity index (χ0v) is 30.0. The molecule has 2 aromatic carbocycles. The third kappa shape index (κ3) is 10.1. The van der Waals surface area contributed by atoms with Gasteiger partial charge in [0.15, 0.2) is 0 Å². The highest BCUT2D eigenvalue weighted by Crippen LogP contribution is 2.38. The number of ether oxygens (including phenoxy) is 1. The van der Waals surface area contributed by atoms with E-state index >= 15 is 4.39 Å². The van der Waals surface area contributed by atoms with Crippen LogP contribution in [0.4, 0.5) is 9.18 Å². The molecule has 0 saturated heterocycles. The third-order valence-corrected chi connectivity index (χ3v) is 12.5. The molecule has 4 rings (SSSR count). The summed E-state index contributed by atoms with van der Waals surface area (Å²) in [5, 5.41) is 12.3. The normalized spacial score (nSPS) is 19.5. The summed E-state index contributed by atoms with van der Waals surface area (Å²) in [4.78, 5) is 15.6. The number of hydrogen-bond donors (Lipinski definition) is 1. The number of carboxylic acid groups (broad SMARTS) is 1. The highest BCUT2D eigenvalue weighted by atomic mass is 35.5. The first-order valence-corrected chi connectivity index (χ1v) is 19.2. The summed E-state index contributed by atoms with van der Waals surface area (Å²) >= 11 is 6.50. The van der Waals surface area contributed by atoms with E-state index in [9.17, 15) is 9.90 Å². The molecule has 0 bridgehead atoms. The summed E-state index contributed by atoms with van der Waals surface area (Å²) in [5.74, 6) is 0.188. The van der Waals surface area contributed by atoms with E-state index in [1.54, 1.807) is 6.07 Å².